The van der Waals surface area contributed by atoms with E-state index in [2.05, 4.69) is 0 Å². The van der Waals surface area contributed by atoms with Crippen molar-refractivity contribution in [2.45, 2.75) is 16.4 Å². The number of rotatable bonds is 4. The summed E-state index contributed by atoms with van der Waals surface area (Å²) in [5, 5.41) is 9.65. The normalized spacial score (nSPS) is 24.8. The molecule has 0 aromatic heterocycles. The van der Waals surface area contributed by atoms with Gasteiger partial charge in [-0.15, -0.1) is 11.6 Å². The zero-order chi connectivity index (χ0) is 15.8. The van der Waals surface area contributed by atoms with Gasteiger partial charge in [0.2, 0.25) is 0 Å². The smallest absolute Gasteiger partial charge is 0.260 e. The molecule has 0 aliphatic carbocycles. The van der Waals surface area contributed by atoms with Gasteiger partial charge in [0.05, 0.1) is 21.8 Å². The predicted octanol–water partition coefficient (Wildman–Crippen LogP) is 0.705. The lowest BCUT2D eigenvalue weighted by molar-refractivity contribution is -0.385. The molecule has 2 atom stereocenters. The van der Waals surface area contributed by atoms with E-state index in [0.29, 0.717) is 0 Å². The molecule has 2 rings (SSSR count). The number of non-ortho nitro benzene ring substituents is 1. The van der Waals surface area contributed by atoms with E-state index in [1.807, 2.05) is 0 Å². The molecular formula is C10H10ClNO7S2. The zero-order valence-corrected chi connectivity index (χ0v) is 12.8. The number of alkyl halides is 1. The van der Waals surface area contributed by atoms with Crippen molar-refractivity contribution in [2.75, 3.05) is 11.5 Å². The van der Waals surface area contributed by atoms with Gasteiger partial charge in [-0.05, 0) is 6.07 Å². The van der Waals surface area contributed by atoms with Crippen molar-refractivity contribution in [2.24, 2.45) is 0 Å². The third-order valence-electron chi connectivity index (χ3n) is 2.80. The van der Waals surface area contributed by atoms with Crippen LogP contribution in [-0.4, -0.2) is 44.7 Å². The van der Waals surface area contributed by atoms with Gasteiger partial charge in [0.1, 0.15) is 11.0 Å². The highest BCUT2D eigenvalue weighted by Gasteiger charge is 2.40. The van der Waals surface area contributed by atoms with Gasteiger partial charge in [-0.1, -0.05) is 6.07 Å². The summed E-state index contributed by atoms with van der Waals surface area (Å²) in [5.41, 5.74) is -0.416. The van der Waals surface area contributed by atoms with Gasteiger partial charge in [0.25, 0.3) is 15.8 Å². The van der Waals surface area contributed by atoms with E-state index in [4.69, 9.17) is 15.8 Å². The number of hydrogen-bond donors (Lipinski definition) is 0. The van der Waals surface area contributed by atoms with Crippen molar-refractivity contribution >= 4 is 37.2 Å². The highest BCUT2D eigenvalue weighted by Crippen LogP contribution is 2.26. The first-order valence-electron chi connectivity index (χ1n) is 5.63. The highest BCUT2D eigenvalue weighted by atomic mass is 35.5. The third kappa shape index (κ3) is 3.70. The molecule has 1 fully saturated rings. The molecule has 0 amide bonds. The first-order chi connectivity index (χ1) is 9.61. The Hall–Kier alpha value is -1.23. The molecule has 1 aliphatic heterocycles. The van der Waals surface area contributed by atoms with Crippen LogP contribution >= 0.6 is 11.6 Å². The topological polar surface area (TPSA) is 121 Å². The summed E-state index contributed by atoms with van der Waals surface area (Å²) in [6.45, 7) is 0. The van der Waals surface area contributed by atoms with Crippen molar-refractivity contribution in [1.82, 2.24) is 0 Å². The number of nitro groups is 1. The third-order valence-corrected chi connectivity index (χ3v) is 6.46. The Morgan fingerprint density at radius 3 is 2.52 bits per heavy atom. The summed E-state index contributed by atoms with van der Waals surface area (Å²) in [6.07, 6.45) is -1.21. The van der Waals surface area contributed by atoms with Crippen LogP contribution in [0.3, 0.4) is 0 Å². The average molecular weight is 356 g/mol. The minimum atomic E-state index is -4.34. The largest absolute Gasteiger partial charge is 0.297 e. The summed E-state index contributed by atoms with van der Waals surface area (Å²) in [7, 11) is -7.79. The Bertz CT molecular complexity index is 774. The fraction of sp³-hybridized carbons (Fsp3) is 0.400. The Morgan fingerprint density at radius 2 is 2.00 bits per heavy atom. The van der Waals surface area contributed by atoms with Gasteiger partial charge >= 0.3 is 0 Å². The number of hydrogen-bond acceptors (Lipinski definition) is 7. The molecule has 21 heavy (non-hydrogen) atoms. The number of nitrogens with zero attached hydrogens (tertiary/aromatic N) is 1. The quantitative estimate of drug-likeness (QED) is 0.337. The molecule has 8 nitrogen and oxygen atoms in total. The average Bonchev–Trinajstić information content (AvgIpc) is 2.61. The summed E-state index contributed by atoms with van der Waals surface area (Å²) in [5.74, 6) is -0.876. The van der Waals surface area contributed by atoms with E-state index in [-0.39, 0.29) is 5.75 Å². The van der Waals surface area contributed by atoms with Crippen molar-refractivity contribution < 1.29 is 25.9 Å². The molecule has 2 unspecified atom stereocenters. The zero-order valence-electron chi connectivity index (χ0n) is 10.4. The van der Waals surface area contributed by atoms with Crippen LogP contribution in [0.5, 0.6) is 0 Å². The molecule has 0 N–H and O–H groups in total. The Labute approximate surface area is 125 Å². The predicted molar refractivity (Wildman–Crippen MR) is 73.5 cm³/mol. The standard InChI is InChI=1S/C10H10ClNO7S2/c11-9-5-20(15,16)6-10(9)19-21(17,18)8-3-1-2-7(4-8)12(13)14/h1-4,9-10H,5-6H2. The van der Waals surface area contributed by atoms with Gasteiger partial charge in [0, 0.05) is 12.1 Å². The molecule has 116 valence electrons. The van der Waals surface area contributed by atoms with Gasteiger partial charge in [0.15, 0.2) is 9.84 Å². The molecular weight excluding hydrogens is 346 g/mol. The lowest BCUT2D eigenvalue weighted by Gasteiger charge is -2.13. The van der Waals surface area contributed by atoms with Crippen molar-refractivity contribution in [1.29, 1.82) is 0 Å². The van der Waals surface area contributed by atoms with Crippen LogP contribution in [0.25, 0.3) is 0 Å². The van der Waals surface area contributed by atoms with Crippen LogP contribution in [0.15, 0.2) is 29.2 Å². The lowest BCUT2D eigenvalue weighted by atomic mass is 10.3. The van der Waals surface area contributed by atoms with Crippen molar-refractivity contribution in [3.05, 3.63) is 34.4 Å². The Balaban J connectivity index is 2.27. The van der Waals surface area contributed by atoms with E-state index in [9.17, 15) is 26.9 Å². The molecule has 0 saturated carbocycles. The summed E-state index contributed by atoms with van der Waals surface area (Å²) >= 11 is 5.76. The van der Waals surface area contributed by atoms with E-state index in [1.165, 1.54) is 6.07 Å². The second-order valence-corrected chi connectivity index (χ2v) is 8.72. The summed E-state index contributed by atoms with van der Waals surface area (Å²) < 4.78 is 51.6. The maximum absolute atomic E-state index is 12.0. The minimum Gasteiger partial charge on any atom is -0.260 e. The molecule has 0 bridgehead atoms. The highest BCUT2D eigenvalue weighted by molar-refractivity contribution is 7.92. The first kappa shape index (κ1) is 16.1. The minimum absolute atomic E-state index is 0.371. The van der Waals surface area contributed by atoms with Gasteiger partial charge in [-0.2, -0.15) is 8.42 Å². The van der Waals surface area contributed by atoms with E-state index < -0.39 is 52.7 Å². The summed E-state index contributed by atoms with van der Waals surface area (Å²) in [6, 6.07) is 4.28. The summed E-state index contributed by atoms with van der Waals surface area (Å²) in [4.78, 5) is 9.46. The SMILES string of the molecule is O=[N+]([O-])c1cccc(S(=O)(=O)OC2CS(=O)(=O)CC2Cl)c1. The van der Waals surface area contributed by atoms with E-state index >= 15 is 0 Å². The van der Waals surface area contributed by atoms with Crippen LogP contribution in [0.4, 0.5) is 5.69 Å². The molecule has 1 saturated heterocycles. The van der Waals surface area contributed by atoms with Gasteiger partial charge in [-0.25, -0.2) is 8.42 Å². The second-order valence-electron chi connectivity index (χ2n) is 4.44. The maximum Gasteiger partial charge on any atom is 0.297 e. The Morgan fingerprint density at radius 1 is 1.33 bits per heavy atom. The van der Waals surface area contributed by atoms with Crippen LogP contribution in [-0.2, 0) is 24.1 Å². The molecule has 1 heterocycles. The lowest BCUT2D eigenvalue weighted by Crippen LogP contribution is -2.26. The number of nitro benzene ring substituents is 1. The second kappa shape index (κ2) is 5.52. The fourth-order valence-corrected chi connectivity index (χ4v) is 5.59. The van der Waals surface area contributed by atoms with Crippen molar-refractivity contribution in [3.63, 3.8) is 0 Å². The fourth-order valence-electron chi connectivity index (χ4n) is 1.83. The van der Waals surface area contributed by atoms with E-state index in [0.717, 1.165) is 18.2 Å². The molecule has 1 aromatic carbocycles. The maximum atomic E-state index is 12.0. The molecule has 1 aliphatic rings. The van der Waals surface area contributed by atoms with Crippen LogP contribution in [0.1, 0.15) is 0 Å². The monoisotopic (exact) mass is 355 g/mol. The van der Waals surface area contributed by atoms with Crippen LogP contribution in [0, 0.1) is 10.1 Å². The number of sulfone groups is 1. The van der Waals surface area contributed by atoms with Gasteiger partial charge in [-0.3, -0.25) is 14.3 Å². The molecule has 0 radical (unpaired) electrons. The van der Waals surface area contributed by atoms with E-state index in [1.54, 1.807) is 0 Å². The molecule has 11 heteroatoms. The van der Waals surface area contributed by atoms with Crippen LogP contribution < -0.4 is 0 Å². The van der Waals surface area contributed by atoms with Gasteiger partial charge < -0.3 is 0 Å². The first-order valence-corrected chi connectivity index (χ1v) is 9.29. The van der Waals surface area contributed by atoms with Crippen molar-refractivity contribution in [3.8, 4) is 0 Å². The molecule has 1 aromatic rings. The number of halogens is 1. The molecule has 0 spiro atoms. The van der Waals surface area contributed by atoms with Crippen LogP contribution in [0.2, 0.25) is 0 Å². The Kier molecular flexibility index (Phi) is 4.24. The number of benzene rings is 1.